The predicted octanol–water partition coefficient (Wildman–Crippen LogP) is 2.10. The van der Waals surface area contributed by atoms with Crippen LogP contribution in [0.4, 0.5) is 0 Å². The van der Waals surface area contributed by atoms with Crippen molar-refractivity contribution >= 4 is 0 Å². The highest BCUT2D eigenvalue weighted by Crippen LogP contribution is 2.35. The van der Waals surface area contributed by atoms with E-state index in [1.54, 1.807) is 12.4 Å². The lowest BCUT2D eigenvalue weighted by molar-refractivity contribution is 0.213. The van der Waals surface area contributed by atoms with Gasteiger partial charge in [0, 0.05) is 29.9 Å². The lowest BCUT2D eigenvalue weighted by Gasteiger charge is -2.14. The number of aliphatic hydroxyl groups excluding tert-OH is 1. The van der Waals surface area contributed by atoms with Gasteiger partial charge in [-0.15, -0.1) is 0 Å². The maximum absolute atomic E-state index is 10.3. The number of hydrogen-bond acceptors (Lipinski definition) is 3. The Kier molecular flexibility index (Phi) is 2.53. The SMILES string of the molecule is OC(c1cccnc1)c1cccc2c1OCC2. The highest BCUT2D eigenvalue weighted by molar-refractivity contribution is 5.47. The van der Waals surface area contributed by atoms with Gasteiger partial charge in [0.05, 0.1) is 6.61 Å². The number of benzene rings is 1. The molecule has 0 aliphatic carbocycles. The van der Waals surface area contributed by atoms with Crippen LogP contribution in [-0.4, -0.2) is 16.7 Å². The van der Waals surface area contributed by atoms with Crippen molar-refractivity contribution in [3.05, 3.63) is 59.4 Å². The van der Waals surface area contributed by atoms with Crippen molar-refractivity contribution in [2.24, 2.45) is 0 Å². The van der Waals surface area contributed by atoms with Gasteiger partial charge in [-0.25, -0.2) is 0 Å². The van der Waals surface area contributed by atoms with Gasteiger partial charge in [-0.05, 0) is 11.6 Å². The average molecular weight is 227 g/mol. The largest absolute Gasteiger partial charge is 0.493 e. The number of hydrogen-bond donors (Lipinski definition) is 1. The smallest absolute Gasteiger partial charge is 0.128 e. The van der Waals surface area contributed by atoms with Crippen LogP contribution in [-0.2, 0) is 6.42 Å². The van der Waals surface area contributed by atoms with Crippen LogP contribution in [0.1, 0.15) is 22.8 Å². The number of para-hydroxylation sites is 1. The van der Waals surface area contributed by atoms with Gasteiger partial charge in [-0.1, -0.05) is 24.3 Å². The van der Waals surface area contributed by atoms with Crippen LogP contribution in [0.2, 0.25) is 0 Å². The Morgan fingerprint density at radius 3 is 3.00 bits per heavy atom. The maximum atomic E-state index is 10.3. The van der Waals surface area contributed by atoms with E-state index in [4.69, 9.17) is 4.74 Å². The van der Waals surface area contributed by atoms with Gasteiger partial charge in [-0.3, -0.25) is 4.98 Å². The molecule has 0 radical (unpaired) electrons. The predicted molar refractivity (Wildman–Crippen MR) is 63.9 cm³/mol. The first-order valence-electron chi connectivity index (χ1n) is 5.69. The summed E-state index contributed by atoms with van der Waals surface area (Å²) in [5.41, 5.74) is 2.79. The molecule has 1 N–H and O–H groups in total. The molecule has 3 heteroatoms. The van der Waals surface area contributed by atoms with Crippen LogP contribution in [0.3, 0.4) is 0 Å². The minimum absolute atomic E-state index is 0.670. The third-order valence-corrected chi connectivity index (χ3v) is 3.04. The number of rotatable bonds is 2. The van der Waals surface area contributed by atoms with E-state index in [-0.39, 0.29) is 0 Å². The molecular weight excluding hydrogens is 214 g/mol. The molecule has 3 rings (SSSR count). The van der Waals surface area contributed by atoms with Crippen molar-refractivity contribution in [2.45, 2.75) is 12.5 Å². The van der Waals surface area contributed by atoms with E-state index in [2.05, 4.69) is 4.98 Å². The fraction of sp³-hybridized carbons (Fsp3) is 0.214. The Morgan fingerprint density at radius 1 is 1.24 bits per heavy atom. The van der Waals surface area contributed by atoms with Crippen molar-refractivity contribution in [1.29, 1.82) is 0 Å². The second kappa shape index (κ2) is 4.18. The Labute approximate surface area is 99.7 Å². The van der Waals surface area contributed by atoms with E-state index in [1.165, 1.54) is 5.56 Å². The zero-order valence-electron chi connectivity index (χ0n) is 9.34. The normalized spacial score (nSPS) is 15.1. The van der Waals surface area contributed by atoms with Crippen LogP contribution < -0.4 is 4.74 Å². The van der Waals surface area contributed by atoms with Gasteiger partial charge >= 0.3 is 0 Å². The molecule has 17 heavy (non-hydrogen) atoms. The quantitative estimate of drug-likeness (QED) is 0.854. The molecule has 2 aromatic rings. The minimum atomic E-state index is -0.670. The van der Waals surface area contributed by atoms with Crippen molar-refractivity contribution in [3.8, 4) is 5.75 Å². The highest BCUT2D eigenvalue weighted by Gasteiger charge is 2.21. The summed E-state index contributed by atoms with van der Waals surface area (Å²) < 4.78 is 5.59. The van der Waals surface area contributed by atoms with E-state index in [0.29, 0.717) is 6.61 Å². The Balaban J connectivity index is 2.03. The number of aromatic nitrogens is 1. The van der Waals surface area contributed by atoms with E-state index >= 15 is 0 Å². The Bertz CT molecular complexity index is 525. The molecule has 3 nitrogen and oxygen atoms in total. The van der Waals surface area contributed by atoms with Crippen LogP contribution in [0.5, 0.6) is 5.75 Å². The first-order valence-corrected chi connectivity index (χ1v) is 5.69. The second-order valence-electron chi connectivity index (χ2n) is 4.12. The summed E-state index contributed by atoms with van der Waals surface area (Å²) in [6, 6.07) is 9.60. The fourth-order valence-corrected chi connectivity index (χ4v) is 2.17. The Morgan fingerprint density at radius 2 is 2.18 bits per heavy atom. The summed E-state index contributed by atoms with van der Waals surface area (Å²) in [5, 5.41) is 10.3. The molecule has 1 unspecified atom stereocenters. The molecule has 1 aromatic heterocycles. The van der Waals surface area contributed by atoms with Crippen LogP contribution in [0, 0.1) is 0 Å². The molecule has 0 saturated heterocycles. The molecule has 0 fully saturated rings. The highest BCUT2D eigenvalue weighted by atomic mass is 16.5. The molecule has 1 aliphatic heterocycles. The second-order valence-corrected chi connectivity index (χ2v) is 4.12. The molecule has 86 valence electrons. The number of ether oxygens (including phenoxy) is 1. The summed E-state index contributed by atoms with van der Waals surface area (Å²) in [7, 11) is 0. The molecule has 1 aliphatic rings. The van der Waals surface area contributed by atoms with E-state index in [9.17, 15) is 5.11 Å². The van der Waals surface area contributed by atoms with Gasteiger partial charge in [0.15, 0.2) is 0 Å². The average Bonchev–Trinajstić information content (AvgIpc) is 2.87. The molecule has 1 aromatic carbocycles. The molecule has 0 spiro atoms. The summed E-state index contributed by atoms with van der Waals surface area (Å²) in [4.78, 5) is 4.02. The van der Waals surface area contributed by atoms with Crippen LogP contribution in [0.15, 0.2) is 42.7 Å². The molecule has 0 amide bonds. The number of pyridine rings is 1. The third-order valence-electron chi connectivity index (χ3n) is 3.04. The van der Waals surface area contributed by atoms with E-state index < -0.39 is 6.10 Å². The lowest BCUT2D eigenvalue weighted by Crippen LogP contribution is -2.02. The molecule has 2 heterocycles. The topological polar surface area (TPSA) is 42.4 Å². The van der Waals surface area contributed by atoms with Gasteiger partial charge in [0.25, 0.3) is 0 Å². The summed E-state index contributed by atoms with van der Waals surface area (Å²) in [6.45, 7) is 0.701. The van der Waals surface area contributed by atoms with Crippen molar-refractivity contribution in [1.82, 2.24) is 4.98 Å². The zero-order valence-corrected chi connectivity index (χ0v) is 9.34. The van der Waals surface area contributed by atoms with Gasteiger partial charge < -0.3 is 9.84 Å². The number of nitrogens with zero attached hydrogens (tertiary/aromatic N) is 1. The van der Waals surface area contributed by atoms with Gasteiger partial charge in [0.1, 0.15) is 11.9 Å². The minimum Gasteiger partial charge on any atom is -0.493 e. The van der Waals surface area contributed by atoms with Crippen molar-refractivity contribution < 1.29 is 9.84 Å². The van der Waals surface area contributed by atoms with Crippen molar-refractivity contribution in [3.63, 3.8) is 0 Å². The monoisotopic (exact) mass is 227 g/mol. The summed E-state index contributed by atoms with van der Waals surface area (Å²) >= 11 is 0. The van der Waals surface area contributed by atoms with Crippen LogP contribution in [0.25, 0.3) is 0 Å². The lowest BCUT2D eigenvalue weighted by atomic mass is 9.99. The molecule has 0 saturated carbocycles. The van der Waals surface area contributed by atoms with E-state index in [1.807, 2.05) is 30.3 Å². The molecule has 1 atom stereocenters. The molecule has 0 bridgehead atoms. The van der Waals surface area contributed by atoms with Gasteiger partial charge in [-0.2, -0.15) is 0 Å². The first-order chi connectivity index (χ1) is 8.36. The standard InChI is InChI=1S/C14H13NO2/c16-13(11-4-2-7-15-9-11)12-5-1-3-10-6-8-17-14(10)12/h1-5,7,9,13,16H,6,8H2. The van der Waals surface area contributed by atoms with E-state index in [0.717, 1.165) is 23.3 Å². The molecular formula is C14H13NO2. The maximum Gasteiger partial charge on any atom is 0.128 e. The summed E-state index contributed by atoms with van der Waals surface area (Å²) in [5.74, 6) is 0.837. The summed E-state index contributed by atoms with van der Waals surface area (Å²) in [6.07, 6.45) is 3.63. The van der Waals surface area contributed by atoms with Crippen LogP contribution >= 0.6 is 0 Å². The Hall–Kier alpha value is -1.87. The zero-order chi connectivity index (χ0) is 11.7. The van der Waals surface area contributed by atoms with Crippen molar-refractivity contribution in [2.75, 3.05) is 6.61 Å². The first kappa shape index (κ1) is 10.3. The third kappa shape index (κ3) is 1.78. The fourth-order valence-electron chi connectivity index (χ4n) is 2.17. The number of fused-ring (bicyclic) bond motifs is 1. The number of aliphatic hydroxyl groups is 1. The van der Waals surface area contributed by atoms with Gasteiger partial charge in [0.2, 0.25) is 0 Å².